The van der Waals surface area contributed by atoms with Crippen molar-refractivity contribution in [2.24, 2.45) is 10.8 Å². The zero-order valence-electron chi connectivity index (χ0n) is 10.7. The molecule has 0 bridgehead atoms. The van der Waals surface area contributed by atoms with E-state index in [-0.39, 0.29) is 0 Å². The predicted octanol–water partition coefficient (Wildman–Crippen LogP) is 4.76. The standard InChI is InChI=1S/C13H26S/c1-12(2,3)9-7-8-10-14-11-13(4,5)6/h7,9H,8,10-11H2,1-6H3/b9-7-. The molecule has 0 saturated heterocycles. The summed E-state index contributed by atoms with van der Waals surface area (Å²) in [6.07, 6.45) is 5.83. The topological polar surface area (TPSA) is 0 Å². The molecule has 0 unspecified atom stereocenters. The van der Waals surface area contributed by atoms with Crippen molar-refractivity contribution in [3.63, 3.8) is 0 Å². The maximum atomic E-state index is 2.32. The Labute approximate surface area is 94.6 Å². The van der Waals surface area contributed by atoms with Gasteiger partial charge in [0.15, 0.2) is 0 Å². The van der Waals surface area contributed by atoms with E-state index >= 15 is 0 Å². The first-order valence-electron chi connectivity index (χ1n) is 5.46. The molecule has 0 heterocycles. The second kappa shape index (κ2) is 5.85. The summed E-state index contributed by atoms with van der Waals surface area (Å²) in [4.78, 5) is 0. The fraction of sp³-hybridized carbons (Fsp3) is 0.846. The van der Waals surface area contributed by atoms with Crippen molar-refractivity contribution in [2.75, 3.05) is 11.5 Å². The van der Waals surface area contributed by atoms with Crippen molar-refractivity contribution in [3.05, 3.63) is 12.2 Å². The lowest BCUT2D eigenvalue weighted by atomic mass is 9.96. The third kappa shape index (κ3) is 12.1. The van der Waals surface area contributed by atoms with E-state index in [0.29, 0.717) is 10.8 Å². The maximum Gasteiger partial charge on any atom is -0.00186 e. The highest BCUT2D eigenvalue weighted by Gasteiger charge is 2.09. The summed E-state index contributed by atoms with van der Waals surface area (Å²) in [5.41, 5.74) is 0.813. The van der Waals surface area contributed by atoms with Crippen molar-refractivity contribution in [1.29, 1.82) is 0 Å². The zero-order valence-corrected chi connectivity index (χ0v) is 11.5. The molecule has 0 fully saturated rings. The van der Waals surface area contributed by atoms with Crippen LogP contribution in [-0.2, 0) is 0 Å². The van der Waals surface area contributed by atoms with Crippen LogP contribution in [0.5, 0.6) is 0 Å². The Morgan fingerprint density at radius 3 is 2.00 bits per heavy atom. The number of rotatable bonds is 4. The normalized spacial score (nSPS) is 13.9. The molecule has 84 valence electrons. The first-order valence-corrected chi connectivity index (χ1v) is 6.62. The Balaban J connectivity index is 3.44. The summed E-state index contributed by atoms with van der Waals surface area (Å²) in [6.45, 7) is 13.6. The molecule has 0 rings (SSSR count). The van der Waals surface area contributed by atoms with Gasteiger partial charge in [-0.1, -0.05) is 53.7 Å². The summed E-state index contributed by atoms with van der Waals surface area (Å²) in [7, 11) is 0. The lowest BCUT2D eigenvalue weighted by Gasteiger charge is -2.16. The van der Waals surface area contributed by atoms with E-state index in [1.807, 2.05) is 0 Å². The van der Waals surface area contributed by atoms with Gasteiger partial charge in [0.05, 0.1) is 0 Å². The number of hydrogen-bond acceptors (Lipinski definition) is 1. The van der Waals surface area contributed by atoms with Crippen LogP contribution in [-0.4, -0.2) is 11.5 Å². The van der Waals surface area contributed by atoms with Gasteiger partial charge in [-0.25, -0.2) is 0 Å². The quantitative estimate of drug-likeness (QED) is 0.480. The number of thioether (sulfide) groups is 1. The molecule has 0 aromatic rings. The molecule has 0 aliphatic carbocycles. The lowest BCUT2D eigenvalue weighted by molar-refractivity contribution is 0.481. The Morgan fingerprint density at radius 1 is 1.00 bits per heavy atom. The molecule has 14 heavy (non-hydrogen) atoms. The molecule has 0 aromatic heterocycles. The van der Waals surface area contributed by atoms with Crippen LogP contribution in [0.2, 0.25) is 0 Å². The highest BCUT2D eigenvalue weighted by molar-refractivity contribution is 7.99. The molecule has 0 nitrogen and oxygen atoms in total. The van der Waals surface area contributed by atoms with Crippen molar-refractivity contribution in [3.8, 4) is 0 Å². The average Bonchev–Trinajstić information content (AvgIpc) is 1.92. The maximum absolute atomic E-state index is 2.32. The smallest absolute Gasteiger partial charge is 0.00186 e. The van der Waals surface area contributed by atoms with Gasteiger partial charge in [0, 0.05) is 0 Å². The summed E-state index contributed by atoms with van der Waals surface area (Å²) >= 11 is 2.06. The first kappa shape index (κ1) is 14.1. The van der Waals surface area contributed by atoms with Crippen LogP contribution in [0.15, 0.2) is 12.2 Å². The van der Waals surface area contributed by atoms with Crippen molar-refractivity contribution < 1.29 is 0 Å². The van der Waals surface area contributed by atoms with Crippen LogP contribution in [0.25, 0.3) is 0 Å². The van der Waals surface area contributed by atoms with Crippen LogP contribution >= 0.6 is 11.8 Å². The van der Waals surface area contributed by atoms with E-state index in [4.69, 9.17) is 0 Å². The molecular formula is C13H26S. The fourth-order valence-electron chi connectivity index (χ4n) is 0.967. The minimum Gasteiger partial charge on any atom is -0.161 e. The van der Waals surface area contributed by atoms with E-state index in [1.165, 1.54) is 17.9 Å². The van der Waals surface area contributed by atoms with Gasteiger partial charge in [0.25, 0.3) is 0 Å². The number of allylic oxidation sites excluding steroid dienone is 2. The minimum absolute atomic E-state index is 0.342. The highest BCUT2D eigenvalue weighted by atomic mass is 32.2. The summed E-state index contributed by atoms with van der Waals surface area (Å²) in [5.74, 6) is 2.51. The van der Waals surface area contributed by atoms with Crippen LogP contribution in [0.1, 0.15) is 48.0 Å². The molecule has 0 N–H and O–H groups in total. The summed E-state index contributed by atoms with van der Waals surface area (Å²) in [5, 5.41) is 0. The fourth-order valence-corrected chi connectivity index (χ4v) is 2.03. The van der Waals surface area contributed by atoms with Crippen LogP contribution in [0.3, 0.4) is 0 Å². The Bertz CT molecular complexity index is 167. The van der Waals surface area contributed by atoms with E-state index in [1.54, 1.807) is 0 Å². The second-order valence-corrected chi connectivity index (χ2v) is 7.28. The Morgan fingerprint density at radius 2 is 1.57 bits per heavy atom. The molecule has 0 atom stereocenters. The molecule has 0 radical (unpaired) electrons. The minimum atomic E-state index is 0.342. The van der Waals surface area contributed by atoms with Gasteiger partial charge in [-0.05, 0) is 28.8 Å². The lowest BCUT2D eigenvalue weighted by Crippen LogP contribution is -2.08. The van der Waals surface area contributed by atoms with Gasteiger partial charge >= 0.3 is 0 Å². The third-order valence-electron chi connectivity index (χ3n) is 1.58. The van der Waals surface area contributed by atoms with Gasteiger partial charge in [0.2, 0.25) is 0 Å². The molecule has 0 aliphatic heterocycles. The highest BCUT2D eigenvalue weighted by Crippen LogP contribution is 2.21. The number of hydrogen-bond donors (Lipinski definition) is 0. The summed E-state index contributed by atoms with van der Waals surface area (Å²) in [6, 6.07) is 0. The van der Waals surface area contributed by atoms with Crippen LogP contribution in [0.4, 0.5) is 0 Å². The van der Waals surface area contributed by atoms with Crippen LogP contribution in [0, 0.1) is 10.8 Å². The van der Waals surface area contributed by atoms with Gasteiger partial charge < -0.3 is 0 Å². The molecule has 0 saturated carbocycles. The first-order chi connectivity index (χ1) is 6.21. The van der Waals surface area contributed by atoms with Crippen molar-refractivity contribution in [2.45, 2.75) is 48.0 Å². The molecular weight excluding hydrogens is 188 g/mol. The van der Waals surface area contributed by atoms with Gasteiger partial charge in [-0.3, -0.25) is 0 Å². The average molecular weight is 214 g/mol. The third-order valence-corrected chi connectivity index (χ3v) is 3.18. The van der Waals surface area contributed by atoms with E-state index in [2.05, 4.69) is 65.5 Å². The Hall–Kier alpha value is 0.0900. The monoisotopic (exact) mass is 214 g/mol. The van der Waals surface area contributed by atoms with E-state index in [9.17, 15) is 0 Å². The molecule has 0 amide bonds. The van der Waals surface area contributed by atoms with Gasteiger partial charge in [-0.2, -0.15) is 11.8 Å². The van der Waals surface area contributed by atoms with E-state index < -0.39 is 0 Å². The van der Waals surface area contributed by atoms with Crippen LogP contribution < -0.4 is 0 Å². The molecule has 1 heteroatoms. The molecule has 0 spiro atoms. The molecule has 0 aromatic carbocycles. The largest absolute Gasteiger partial charge is 0.161 e. The SMILES string of the molecule is CC(C)(C)/C=C\CCSCC(C)(C)C. The summed E-state index contributed by atoms with van der Waals surface area (Å²) < 4.78 is 0. The van der Waals surface area contributed by atoms with Gasteiger partial charge in [0.1, 0.15) is 0 Å². The predicted molar refractivity (Wildman–Crippen MR) is 70.0 cm³/mol. The second-order valence-electron chi connectivity index (χ2n) is 6.17. The van der Waals surface area contributed by atoms with Crippen molar-refractivity contribution in [1.82, 2.24) is 0 Å². The zero-order chi connectivity index (χ0) is 11.2. The Kier molecular flexibility index (Phi) is 5.88. The van der Waals surface area contributed by atoms with Crippen molar-refractivity contribution >= 4 is 11.8 Å². The van der Waals surface area contributed by atoms with Gasteiger partial charge in [-0.15, -0.1) is 0 Å². The molecule has 0 aliphatic rings. The van der Waals surface area contributed by atoms with E-state index in [0.717, 1.165) is 0 Å².